The Kier molecular flexibility index (Phi) is 3.39. The van der Waals surface area contributed by atoms with Crippen LogP contribution < -0.4 is 0 Å². The average Bonchev–Trinajstić information content (AvgIpc) is 3.14. The van der Waals surface area contributed by atoms with Gasteiger partial charge in [-0.1, -0.05) is 17.3 Å². The molecule has 0 saturated heterocycles. The van der Waals surface area contributed by atoms with Crippen molar-refractivity contribution in [1.29, 1.82) is 0 Å². The number of thiophene rings is 2. The largest absolute Gasteiger partial charge is 0.451 e. The summed E-state index contributed by atoms with van der Waals surface area (Å²) in [5.41, 5.74) is 0. The van der Waals surface area contributed by atoms with Crippen molar-refractivity contribution < 1.29 is 14.1 Å². The Morgan fingerprint density at radius 1 is 1.26 bits per heavy atom. The molecule has 0 N–H and O–H groups in total. The highest BCUT2D eigenvalue weighted by Crippen LogP contribution is 2.21. The molecule has 0 radical (unpaired) electrons. The molecule has 0 unspecified atom stereocenters. The highest BCUT2D eigenvalue weighted by molar-refractivity contribution is 7.13. The molecule has 0 aromatic carbocycles. The number of carbonyl (C=O) groups is 1. The number of hydrogen-bond acceptors (Lipinski definition) is 7. The summed E-state index contributed by atoms with van der Waals surface area (Å²) in [6.45, 7) is -0.0187. The first-order chi connectivity index (χ1) is 9.33. The van der Waals surface area contributed by atoms with Crippen molar-refractivity contribution in [2.24, 2.45) is 0 Å². The molecule has 0 aliphatic rings. The molecule has 5 nitrogen and oxygen atoms in total. The molecule has 0 atom stereocenters. The molecule has 0 amide bonds. The second-order valence-electron chi connectivity index (χ2n) is 3.54. The molecule has 3 aromatic heterocycles. The van der Waals surface area contributed by atoms with E-state index >= 15 is 0 Å². The van der Waals surface area contributed by atoms with Crippen LogP contribution in [0.3, 0.4) is 0 Å². The lowest BCUT2D eigenvalue weighted by atomic mass is 10.4. The third-order valence-corrected chi connectivity index (χ3v) is 3.97. The molecule has 0 saturated carbocycles. The maximum Gasteiger partial charge on any atom is 0.348 e. The number of hydrogen-bond donors (Lipinski definition) is 0. The van der Waals surface area contributed by atoms with E-state index in [0.717, 1.165) is 4.88 Å². The van der Waals surface area contributed by atoms with Crippen LogP contribution in [0.5, 0.6) is 0 Å². The highest BCUT2D eigenvalue weighted by atomic mass is 32.1. The van der Waals surface area contributed by atoms with Gasteiger partial charge in [-0.3, -0.25) is 0 Å². The van der Waals surface area contributed by atoms with E-state index < -0.39 is 0 Å². The first-order valence-electron chi connectivity index (χ1n) is 5.40. The van der Waals surface area contributed by atoms with Crippen LogP contribution in [0.15, 0.2) is 39.5 Å². The van der Waals surface area contributed by atoms with Crippen LogP contribution in [0.2, 0.25) is 0 Å². The number of carbonyl (C=O) groups excluding carboxylic acids is 1. The Morgan fingerprint density at radius 2 is 2.11 bits per heavy atom. The minimum Gasteiger partial charge on any atom is -0.451 e. The van der Waals surface area contributed by atoms with E-state index in [1.54, 1.807) is 12.1 Å². The molecule has 96 valence electrons. The van der Waals surface area contributed by atoms with Gasteiger partial charge in [0.15, 0.2) is 6.61 Å². The standard InChI is InChI=1S/C12H8N2O3S2/c15-12(9-4-2-6-19-9)16-7-10-13-11(14-17-10)8-3-1-5-18-8/h1-6H,7H2. The molecule has 3 rings (SSSR count). The fourth-order valence-electron chi connectivity index (χ4n) is 1.41. The second-order valence-corrected chi connectivity index (χ2v) is 5.44. The smallest absolute Gasteiger partial charge is 0.348 e. The highest BCUT2D eigenvalue weighted by Gasteiger charge is 2.13. The molecule has 0 aliphatic heterocycles. The number of aromatic nitrogens is 2. The predicted octanol–water partition coefficient (Wildman–Crippen LogP) is 3.22. The van der Waals surface area contributed by atoms with Crippen LogP contribution in [0.1, 0.15) is 15.6 Å². The topological polar surface area (TPSA) is 65.2 Å². The van der Waals surface area contributed by atoms with Gasteiger partial charge in [0, 0.05) is 0 Å². The average molecular weight is 292 g/mol. The molecule has 0 aliphatic carbocycles. The minimum absolute atomic E-state index is 0.0187. The van der Waals surface area contributed by atoms with Crippen LogP contribution in [-0.2, 0) is 11.3 Å². The first-order valence-corrected chi connectivity index (χ1v) is 7.16. The third kappa shape index (κ3) is 2.72. The SMILES string of the molecule is O=C(OCc1nc(-c2cccs2)no1)c1cccs1. The van der Waals surface area contributed by atoms with Gasteiger partial charge in [0.1, 0.15) is 4.88 Å². The summed E-state index contributed by atoms with van der Waals surface area (Å²) in [5.74, 6) is 0.413. The van der Waals surface area contributed by atoms with Crippen molar-refractivity contribution in [2.75, 3.05) is 0 Å². The van der Waals surface area contributed by atoms with Gasteiger partial charge in [-0.15, -0.1) is 22.7 Å². The monoisotopic (exact) mass is 292 g/mol. The fourth-order valence-corrected chi connectivity index (χ4v) is 2.68. The van der Waals surface area contributed by atoms with E-state index in [1.165, 1.54) is 22.7 Å². The van der Waals surface area contributed by atoms with E-state index in [1.807, 2.05) is 22.9 Å². The quantitative estimate of drug-likeness (QED) is 0.691. The van der Waals surface area contributed by atoms with Gasteiger partial charge >= 0.3 is 5.97 Å². The first kappa shape index (κ1) is 12.1. The summed E-state index contributed by atoms with van der Waals surface area (Å²) in [6.07, 6.45) is 0. The van der Waals surface area contributed by atoms with E-state index in [4.69, 9.17) is 9.26 Å². The predicted molar refractivity (Wildman–Crippen MR) is 71.0 cm³/mol. The molecule has 0 spiro atoms. The zero-order valence-corrected chi connectivity index (χ0v) is 11.2. The molecule has 7 heteroatoms. The van der Waals surface area contributed by atoms with Crippen LogP contribution in [0, 0.1) is 0 Å². The van der Waals surface area contributed by atoms with Gasteiger partial charge in [-0.25, -0.2) is 4.79 Å². The molecule has 3 heterocycles. The number of nitrogens with zero attached hydrogens (tertiary/aromatic N) is 2. The maximum atomic E-state index is 11.6. The molecule has 19 heavy (non-hydrogen) atoms. The molecular formula is C12H8N2O3S2. The number of rotatable bonds is 4. The van der Waals surface area contributed by atoms with Gasteiger partial charge in [0.05, 0.1) is 4.88 Å². The summed E-state index contributed by atoms with van der Waals surface area (Å²) in [7, 11) is 0. The van der Waals surface area contributed by atoms with E-state index in [-0.39, 0.29) is 18.5 Å². The fraction of sp³-hybridized carbons (Fsp3) is 0.0833. The van der Waals surface area contributed by atoms with Crippen molar-refractivity contribution >= 4 is 28.6 Å². The molecular weight excluding hydrogens is 284 g/mol. The van der Waals surface area contributed by atoms with Crippen molar-refractivity contribution in [1.82, 2.24) is 10.1 Å². The Hall–Kier alpha value is -1.99. The summed E-state index contributed by atoms with van der Waals surface area (Å²) in [5, 5.41) is 7.59. The normalized spacial score (nSPS) is 10.5. The van der Waals surface area contributed by atoms with Gasteiger partial charge in [0.2, 0.25) is 5.82 Å². The Balaban J connectivity index is 1.63. The Morgan fingerprint density at radius 3 is 2.84 bits per heavy atom. The lowest BCUT2D eigenvalue weighted by molar-refractivity contribution is 0.0435. The Bertz CT molecular complexity index is 659. The van der Waals surface area contributed by atoms with Crippen molar-refractivity contribution in [3.05, 3.63) is 45.8 Å². The van der Waals surface area contributed by atoms with Gasteiger partial charge in [0.25, 0.3) is 5.89 Å². The lowest BCUT2D eigenvalue weighted by Crippen LogP contribution is -2.03. The van der Waals surface area contributed by atoms with Crippen molar-refractivity contribution in [2.45, 2.75) is 6.61 Å². The maximum absolute atomic E-state index is 11.6. The molecule has 3 aromatic rings. The summed E-state index contributed by atoms with van der Waals surface area (Å²) in [6, 6.07) is 7.31. The van der Waals surface area contributed by atoms with Crippen LogP contribution in [0.25, 0.3) is 10.7 Å². The zero-order valence-electron chi connectivity index (χ0n) is 9.61. The summed E-state index contributed by atoms with van der Waals surface area (Å²) >= 11 is 2.85. The van der Waals surface area contributed by atoms with Gasteiger partial charge < -0.3 is 9.26 Å². The van der Waals surface area contributed by atoms with Gasteiger partial charge in [-0.05, 0) is 22.9 Å². The van der Waals surface area contributed by atoms with Crippen LogP contribution >= 0.6 is 22.7 Å². The van der Waals surface area contributed by atoms with Crippen LogP contribution in [-0.4, -0.2) is 16.1 Å². The number of esters is 1. The van der Waals surface area contributed by atoms with Crippen LogP contribution in [0.4, 0.5) is 0 Å². The number of ether oxygens (including phenoxy) is 1. The van der Waals surface area contributed by atoms with E-state index in [2.05, 4.69) is 10.1 Å². The second kappa shape index (κ2) is 5.33. The van der Waals surface area contributed by atoms with Gasteiger partial charge in [-0.2, -0.15) is 4.98 Å². The van der Waals surface area contributed by atoms with E-state index in [9.17, 15) is 4.79 Å². The zero-order chi connectivity index (χ0) is 13.1. The molecule has 0 bridgehead atoms. The molecule has 0 fully saturated rings. The minimum atomic E-state index is -0.383. The summed E-state index contributed by atoms with van der Waals surface area (Å²) in [4.78, 5) is 17.2. The van der Waals surface area contributed by atoms with Crippen molar-refractivity contribution in [3.8, 4) is 10.7 Å². The van der Waals surface area contributed by atoms with E-state index in [0.29, 0.717) is 10.7 Å². The Labute approximate surface area is 116 Å². The summed E-state index contributed by atoms with van der Waals surface area (Å²) < 4.78 is 10.1. The van der Waals surface area contributed by atoms with Crippen molar-refractivity contribution in [3.63, 3.8) is 0 Å². The lowest BCUT2D eigenvalue weighted by Gasteiger charge is -1.97. The third-order valence-electron chi connectivity index (χ3n) is 2.26.